The number of likely N-dealkylation sites (tertiary alicyclic amines) is 1. The molecule has 3 rings (SSSR count). The van der Waals surface area contributed by atoms with Crippen molar-refractivity contribution in [2.45, 2.75) is 38.0 Å². The van der Waals surface area contributed by atoms with E-state index in [2.05, 4.69) is 46.4 Å². The summed E-state index contributed by atoms with van der Waals surface area (Å²) in [6.45, 7) is 4.80. The van der Waals surface area contributed by atoms with E-state index in [1.54, 1.807) is 0 Å². The van der Waals surface area contributed by atoms with Gasteiger partial charge in [0.1, 0.15) is 0 Å². The number of carbonyl (C=O) groups is 1. The van der Waals surface area contributed by atoms with E-state index in [0.717, 1.165) is 38.4 Å². The quantitative estimate of drug-likeness (QED) is 0.518. The fourth-order valence-electron chi connectivity index (χ4n) is 3.93. The Labute approximate surface area is 150 Å². The lowest BCUT2D eigenvalue weighted by atomic mass is 9.92. The van der Waals surface area contributed by atoms with Crippen LogP contribution in [0.2, 0.25) is 0 Å². The highest BCUT2D eigenvalue weighted by atomic mass is 16.5. The van der Waals surface area contributed by atoms with E-state index in [-0.39, 0.29) is 17.3 Å². The third-order valence-corrected chi connectivity index (χ3v) is 5.70. The molecule has 2 aliphatic rings. The monoisotopic (exact) mass is 343 g/mol. The molecule has 0 bridgehead atoms. The number of hydrogen-bond donors (Lipinski definition) is 1. The van der Waals surface area contributed by atoms with E-state index in [0.29, 0.717) is 0 Å². The molecule has 0 atom stereocenters. The second kappa shape index (κ2) is 7.46. The lowest BCUT2D eigenvalue weighted by molar-refractivity contribution is -0.146. The molecule has 136 valence electrons. The van der Waals surface area contributed by atoms with Crippen LogP contribution in [0.15, 0.2) is 29.3 Å². The number of methoxy groups -OCH3 is 1. The highest BCUT2D eigenvalue weighted by Gasteiger charge is 2.45. The van der Waals surface area contributed by atoms with Gasteiger partial charge in [0.25, 0.3) is 0 Å². The lowest BCUT2D eigenvalue weighted by Crippen LogP contribution is -2.48. The van der Waals surface area contributed by atoms with Crippen molar-refractivity contribution in [1.29, 1.82) is 0 Å². The Bertz CT molecular complexity index is 644. The van der Waals surface area contributed by atoms with Crippen LogP contribution >= 0.6 is 0 Å². The average Bonchev–Trinajstić information content (AvgIpc) is 3.43. The van der Waals surface area contributed by atoms with Crippen LogP contribution in [0.25, 0.3) is 0 Å². The van der Waals surface area contributed by atoms with Crippen LogP contribution in [0.4, 0.5) is 0 Å². The summed E-state index contributed by atoms with van der Waals surface area (Å²) < 4.78 is 4.87. The van der Waals surface area contributed by atoms with Crippen molar-refractivity contribution in [3.63, 3.8) is 0 Å². The molecule has 1 saturated carbocycles. The SMILES string of the molecule is CN=C(NCC1(c2ccccc2C)CC1)N1CCC(C(=O)OC)CC1. The molecule has 1 aromatic carbocycles. The number of aryl methyl sites for hydroxylation is 1. The molecule has 1 saturated heterocycles. The molecule has 0 amide bonds. The maximum absolute atomic E-state index is 11.7. The fourth-order valence-corrected chi connectivity index (χ4v) is 3.93. The molecule has 0 spiro atoms. The molecule has 1 heterocycles. The minimum absolute atomic E-state index is 0.0288. The van der Waals surface area contributed by atoms with Crippen molar-refractivity contribution in [3.05, 3.63) is 35.4 Å². The molecule has 1 aliphatic carbocycles. The Morgan fingerprint density at radius 3 is 2.56 bits per heavy atom. The van der Waals surface area contributed by atoms with Crippen molar-refractivity contribution in [2.24, 2.45) is 10.9 Å². The van der Waals surface area contributed by atoms with Crippen LogP contribution in [0.3, 0.4) is 0 Å². The van der Waals surface area contributed by atoms with Crippen molar-refractivity contribution in [2.75, 3.05) is 33.8 Å². The van der Waals surface area contributed by atoms with E-state index in [4.69, 9.17) is 4.74 Å². The van der Waals surface area contributed by atoms with Crippen LogP contribution in [0, 0.1) is 12.8 Å². The zero-order chi connectivity index (χ0) is 17.9. The topological polar surface area (TPSA) is 53.9 Å². The number of benzene rings is 1. The predicted octanol–water partition coefficient (Wildman–Crippen LogP) is 2.49. The smallest absolute Gasteiger partial charge is 0.308 e. The van der Waals surface area contributed by atoms with Crippen molar-refractivity contribution in [3.8, 4) is 0 Å². The van der Waals surface area contributed by atoms with Gasteiger partial charge in [0.2, 0.25) is 0 Å². The number of hydrogen-bond acceptors (Lipinski definition) is 3. The number of rotatable bonds is 4. The highest BCUT2D eigenvalue weighted by Crippen LogP contribution is 2.48. The third kappa shape index (κ3) is 3.80. The van der Waals surface area contributed by atoms with E-state index in [9.17, 15) is 4.79 Å². The molecule has 5 heteroatoms. The van der Waals surface area contributed by atoms with E-state index in [1.165, 1.54) is 31.1 Å². The number of nitrogens with one attached hydrogen (secondary N) is 1. The summed E-state index contributed by atoms with van der Waals surface area (Å²) in [6.07, 6.45) is 4.12. The first-order chi connectivity index (χ1) is 12.1. The van der Waals surface area contributed by atoms with Gasteiger partial charge in [0.15, 0.2) is 5.96 Å². The Morgan fingerprint density at radius 1 is 1.32 bits per heavy atom. The minimum atomic E-state index is -0.0842. The van der Waals surface area contributed by atoms with Gasteiger partial charge >= 0.3 is 5.97 Å². The van der Waals surface area contributed by atoms with Crippen LogP contribution < -0.4 is 5.32 Å². The molecule has 0 aromatic heterocycles. The van der Waals surface area contributed by atoms with Crippen molar-refractivity contribution in [1.82, 2.24) is 10.2 Å². The Balaban J connectivity index is 1.57. The average molecular weight is 343 g/mol. The van der Waals surface area contributed by atoms with E-state index >= 15 is 0 Å². The maximum Gasteiger partial charge on any atom is 0.308 e. The number of aliphatic imine (C=N–C) groups is 1. The van der Waals surface area contributed by atoms with Crippen molar-refractivity contribution >= 4 is 11.9 Å². The number of piperidine rings is 1. The zero-order valence-electron chi connectivity index (χ0n) is 15.5. The summed E-state index contributed by atoms with van der Waals surface area (Å²) in [6, 6.07) is 8.69. The van der Waals surface area contributed by atoms with Gasteiger partial charge in [-0.05, 0) is 43.7 Å². The molecular formula is C20H29N3O2. The first-order valence-corrected chi connectivity index (χ1v) is 9.19. The second-order valence-corrected chi connectivity index (χ2v) is 7.28. The zero-order valence-corrected chi connectivity index (χ0v) is 15.5. The molecule has 0 radical (unpaired) electrons. The van der Waals surface area contributed by atoms with Crippen LogP contribution in [-0.4, -0.2) is 50.6 Å². The number of carbonyl (C=O) groups excluding carboxylic acids is 1. The largest absolute Gasteiger partial charge is 0.469 e. The normalized spacial score (nSPS) is 20.3. The summed E-state index contributed by atoms with van der Waals surface area (Å²) in [5.74, 6) is 0.892. The van der Waals surface area contributed by atoms with Gasteiger partial charge in [-0.25, -0.2) is 0 Å². The number of ether oxygens (including phenoxy) is 1. The second-order valence-electron chi connectivity index (χ2n) is 7.28. The maximum atomic E-state index is 11.7. The third-order valence-electron chi connectivity index (χ3n) is 5.70. The highest BCUT2D eigenvalue weighted by molar-refractivity contribution is 5.80. The molecule has 2 fully saturated rings. The fraction of sp³-hybridized carbons (Fsp3) is 0.600. The molecule has 25 heavy (non-hydrogen) atoms. The summed E-state index contributed by atoms with van der Waals surface area (Å²) >= 11 is 0. The van der Waals surface area contributed by atoms with Crippen molar-refractivity contribution < 1.29 is 9.53 Å². The van der Waals surface area contributed by atoms with Gasteiger partial charge in [-0.15, -0.1) is 0 Å². The first-order valence-electron chi connectivity index (χ1n) is 9.19. The van der Waals surface area contributed by atoms with Gasteiger partial charge in [0.05, 0.1) is 13.0 Å². The Hall–Kier alpha value is -2.04. The first kappa shape index (κ1) is 17.8. The predicted molar refractivity (Wildman–Crippen MR) is 99.8 cm³/mol. The van der Waals surface area contributed by atoms with E-state index in [1.807, 2.05) is 7.05 Å². The van der Waals surface area contributed by atoms with Gasteiger partial charge in [0, 0.05) is 32.1 Å². The van der Waals surface area contributed by atoms with Crippen LogP contribution in [-0.2, 0) is 14.9 Å². The lowest BCUT2D eigenvalue weighted by Gasteiger charge is -2.34. The summed E-state index contributed by atoms with van der Waals surface area (Å²) in [4.78, 5) is 18.4. The molecule has 0 unspecified atom stereocenters. The van der Waals surface area contributed by atoms with E-state index < -0.39 is 0 Å². The van der Waals surface area contributed by atoms with Crippen LogP contribution in [0.1, 0.15) is 36.8 Å². The Morgan fingerprint density at radius 2 is 2.00 bits per heavy atom. The van der Waals surface area contributed by atoms with Gasteiger partial charge < -0.3 is 15.0 Å². The summed E-state index contributed by atoms with van der Waals surface area (Å²) in [5, 5.41) is 3.59. The van der Waals surface area contributed by atoms with Crippen LogP contribution in [0.5, 0.6) is 0 Å². The molecule has 1 aliphatic heterocycles. The summed E-state index contributed by atoms with van der Waals surface area (Å²) in [5.41, 5.74) is 3.09. The number of nitrogens with zero attached hydrogens (tertiary/aromatic N) is 2. The molecule has 5 nitrogen and oxygen atoms in total. The van der Waals surface area contributed by atoms with Gasteiger partial charge in [-0.2, -0.15) is 0 Å². The number of esters is 1. The minimum Gasteiger partial charge on any atom is -0.469 e. The molecule has 1 aromatic rings. The molecule has 1 N–H and O–H groups in total. The molecular weight excluding hydrogens is 314 g/mol. The summed E-state index contributed by atoms with van der Waals surface area (Å²) in [7, 11) is 3.30. The van der Waals surface area contributed by atoms with Gasteiger partial charge in [-0.1, -0.05) is 24.3 Å². The Kier molecular flexibility index (Phi) is 5.30. The standard InChI is InChI=1S/C20H29N3O2/c1-15-6-4-5-7-17(15)20(10-11-20)14-22-19(21-2)23-12-8-16(9-13-23)18(24)25-3/h4-7,16H,8-14H2,1-3H3,(H,21,22). The number of guanidine groups is 1. The van der Waals surface area contributed by atoms with Gasteiger partial charge in [-0.3, -0.25) is 9.79 Å².